The minimum absolute atomic E-state index is 0.488. The first kappa shape index (κ1) is 16.1. The van der Waals surface area contributed by atoms with Crippen LogP contribution in [0.5, 0.6) is 11.5 Å². The smallest absolute Gasteiger partial charge is 0.163 e. The fraction of sp³-hybridized carbons (Fsp3) is 0.235. The lowest BCUT2D eigenvalue weighted by Gasteiger charge is -2.13. The highest BCUT2D eigenvalue weighted by atomic mass is 32.1. The molecule has 0 unspecified atom stereocenters. The van der Waals surface area contributed by atoms with Gasteiger partial charge in [-0.25, -0.2) is 0 Å². The molecular weight excluding hydrogens is 298 g/mol. The van der Waals surface area contributed by atoms with Crippen molar-refractivity contribution in [1.82, 2.24) is 0 Å². The fourth-order valence-electron chi connectivity index (χ4n) is 1.92. The van der Waals surface area contributed by atoms with E-state index in [1.165, 1.54) is 0 Å². The van der Waals surface area contributed by atoms with Crippen molar-refractivity contribution < 1.29 is 13.9 Å². The molecule has 2 rings (SSSR count). The van der Waals surface area contributed by atoms with Crippen molar-refractivity contribution in [2.24, 2.45) is 0 Å². The summed E-state index contributed by atoms with van der Waals surface area (Å²) in [6.07, 6.45) is 5.49. The molecular formula is C17H19NO3S. The maximum absolute atomic E-state index is 5.69. The summed E-state index contributed by atoms with van der Waals surface area (Å²) < 4.78 is 16.3. The molecule has 22 heavy (non-hydrogen) atoms. The average Bonchev–Trinajstić information content (AvgIpc) is 2.94. The van der Waals surface area contributed by atoms with Gasteiger partial charge in [-0.15, -0.1) is 0 Å². The second-order valence-corrected chi connectivity index (χ2v) is 5.00. The summed E-state index contributed by atoms with van der Waals surface area (Å²) in [6, 6.07) is 7.45. The van der Waals surface area contributed by atoms with Gasteiger partial charge < -0.3 is 19.2 Å². The van der Waals surface area contributed by atoms with E-state index in [4.69, 9.17) is 26.1 Å². The number of thiocarbonyl (C=S) groups is 1. The number of benzene rings is 1. The van der Waals surface area contributed by atoms with Crippen molar-refractivity contribution in [2.45, 2.75) is 13.8 Å². The van der Waals surface area contributed by atoms with E-state index in [0.29, 0.717) is 23.1 Å². The van der Waals surface area contributed by atoms with E-state index >= 15 is 0 Å². The molecule has 2 aromatic rings. The van der Waals surface area contributed by atoms with E-state index in [1.807, 2.05) is 50.3 Å². The molecule has 0 radical (unpaired) electrons. The zero-order valence-electron chi connectivity index (χ0n) is 12.9. The van der Waals surface area contributed by atoms with Crippen molar-refractivity contribution in [1.29, 1.82) is 0 Å². The van der Waals surface area contributed by atoms with E-state index in [1.54, 1.807) is 13.4 Å². The molecule has 1 aromatic heterocycles. The molecule has 0 aliphatic carbocycles. The third-order valence-electron chi connectivity index (χ3n) is 3.10. The standard InChI is InChI=1S/C17H19NO3S/c1-4-5-9-21-16-11-13(6-7-15(16)19-3)18-17(22)14-8-10-20-12(14)2/h4-8,10-11H,9H2,1-3H3,(H,18,22)/b5-4-. The van der Waals surface area contributed by atoms with Crippen LogP contribution in [-0.2, 0) is 0 Å². The largest absolute Gasteiger partial charge is 0.493 e. The topological polar surface area (TPSA) is 43.6 Å². The number of rotatable bonds is 6. The number of nitrogens with one attached hydrogen (secondary N) is 1. The molecule has 0 saturated heterocycles. The Labute approximate surface area is 135 Å². The minimum atomic E-state index is 0.488. The number of hydrogen-bond acceptors (Lipinski definition) is 4. The van der Waals surface area contributed by atoms with Crippen molar-refractivity contribution >= 4 is 22.9 Å². The Morgan fingerprint density at radius 3 is 2.77 bits per heavy atom. The summed E-state index contributed by atoms with van der Waals surface area (Å²) in [4.78, 5) is 0.607. The van der Waals surface area contributed by atoms with Gasteiger partial charge in [0.2, 0.25) is 0 Å². The van der Waals surface area contributed by atoms with Crippen LogP contribution in [0.1, 0.15) is 18.2 Å². The number of aryl methyl sites for hydroxylation is 1. The quantitative estimate of drug-likeness (QED) is 0.634. The Hall–Kier alpha value is -2.27. The molecule has 0 amide bonds. The highest BCUT2D eigenvalue weighted by molar-refractivity contribution is 7.81. The highest BCUT2D eigenvalue weighted by Gasteiger charge is 2.10. The van der Waals surface area contributed by atoms with Crippen molar-refractivity contribution in [3.05, 3.63) is 54.0 Å². The summed E-state index contributed by atoms with van der Waals surface area (Å²) >= 11 is 5.40. The summed E-state index contributed by atoms with van der Waals surface area (Å²) in [7, 11) is 1.62. The monoisotopic (exact) mass is 317 g/mol. The normalized spacial score (nSPS) is 10.7. The van der Waals surface area contributed by atoms with Gasteiger partial charge in [0, 0.05) is 11.8 Å². The Kier molecular flexibility index (Phi) is 5.61. The number of methoxy groups -OCH3 is 1. The number of allylic oxidation sites excluding steroid dienone is 1. The van der Waals surface area contributed by atoms with Gasteiger partial charge >= 0.3 is 0 Å². The van der Waals surface area contributed by atoms with E-state index in [2.05, 4.69) is 5.32 Å². The molecule has 1 heterocycles. The number of furan rings is 1. The van der Waals surface area contributed by atoms with E-state index < -0.39 is 0 Å². The number of anilines is 1. The maximum Gasteiger partial charge on any atom is 0.163 e. The second-order valence-electron chi connectivity index (χ2n) is 4.59. The summed E-state index contributed by atoms with van der Waals surface area (Å²) in [5, 5.41) is 3.19. The molecule has 116 valence electrons. The third-order valence-corrected chi connectivity index (χ3v) is 3.42. The molecule has 0 spiro atoms. The first-order valence-electron chi connectivity index (χ1n) is 6.93. The molecule has 1 aromatic carbocycles. The number of hydrogen-bond donors (Lipinski definition) is 1. The Bertz CT molecular complexity index is 676. The van der Waals surface area contributed by atoms with Gasteiger partial charge in [0.15, 0.2) is 11.5 Å². The summed E-state index contributed by atoms with van der Waals surface area (Å²) in [6.45, 7) is 4.31. The van der Waals surface area contributed by atoms with Crippen LogP contribution in [0, 0.1) is 6.92 Å². The minimum Gasteiger partial charge on any atom is -0.493 e. The van der Waals surface area contributed by atoms with Crippen LogP contribution < -0.4 is 14.8 Å². The highest BCUT2D eigenvalue weighted by Crippen LogP contribution is 2.30. The van der Waals surface area contributed by atoms with E-state index in [0.717, 1.165) is 17.0 Å². The second kappa shape index (κ2) is 7.66. The Balaban J connectivity index is 2.15. The first-order valence-corrected chi connectivity index (χ1v) is 7.34. The third kappa shape index (κ3) is 3.89. The molecule has 4 nitrogen and oxygen atoms in total. The van der Waals surface area contributed by atoms with Gasteiger partial charge in [-0.3, -0.25) is 0 Å². The molecule has 0 aliphatic rings. The zero-order chi connectivity index (χ0) is 15.9. The SMILES string of the molecule is C/C=C\COc1cc(NC(=S)c2ccoc2C)ccc1OC. The van der Waals surface area contributed by atoms with Crippen LogP contribution in [0.4, 0.5) is 5.69 Å². The van der Waals surface area contributed by atoms with Gasteiger partial charge in [0.25, 0.3) is 0 Å². The van der Waals surface area contributed by atoms with Gasteiger partial charge in [-0.1, -0.05) is 24.4 Å². The number of ether oxygens (including phenoxy) is 2. The van der Waals surface area contributed by atoms with Crippen LogP contribution in [0.25, 0.3) is 0 Å². The van der Waals surface area contributed by atoms with Gasteiger partial charge in [0.1, 0.15) is 17.4 Å². The molecule has 0 fully saturated rings. The van der Waals surface area contributed by atoms with Crippen molar-refractivity contribution in [3.63, 3.8) is 0 Å². The fourth-order valence-corrected chi connectivity index (χ4v) is 2.25. The maximum atomic E-state index is 5.69. The average molecular weight is 317 g/mol. The molecule has 0 atom stereocenters. The Morgan fingerprint density at radius 2 is 2.14 bits per heavy atom. The van der Waals surface area contributed by atoms with Crippen LogP contribution >= 0.6 is 12.2 Å². The van der Waals surface area contributed by atoms with Gasteiger partial charge in [-0.05, 0) is 32.0 Å². The van der Waals surface area contributed by atoms with E-state index in [-0.39, 0.29) is 0 Å². The van der Waals surface area contributed by atoms with Crippen molar-refractivity contribution in [2.75, 3.05) is 19.0 Å². The molecule has 0 aliphatic heterocycles. The summed E-state index contributed by atoms with van der Waals surface area (Å²) in [5.41, 5.74) is 1.71. The lowest BCUT2D eigenvalue weighted by atomic mass is 10.2. The lowest BCUT2D eigenvalue weighted by Crippen LogP contribution is -2.11. The lowest BCUT2D eigenvalue weighted by molar-refractivity contribution is 0.326. The molecule has 0 bridgehead atoms. The molecule has 5 heteroatoms. The van der Waals surface area contributed by atoms with Gasteiger partial charge in [0.05, 0.1) is 18.9 Å². The molecule has 1 N–H and O–H groups in total. The van der Waals surface area contributed by atoms with Gasteiger partial charge in [-0.2, -0.15) is 0 Å². The van der Waals surface area contributed by atoms with Crippen LogP contribution in [0.2, 0.25) is 0 Å². The summed E-state index contributed by atoms with van der Waals surface area (Å²) in [5.74, 6) is 2.13. The van der Waals surface area contributed by atoms with Crippen molar-refractivity contribution in [3.8, 4) is 11.5 Å². The molecule has 0 saturated carbocycles. The Morgan fingerprint density at radius 1 is 1.32 bits per heavy atom. The predicted octanol–water partition coefficient (Wildman–Crippen LogP) is 4.34. The van der Waals surface area contributed by atoms with E-state index in [9.17, 15) is 0 Å². The van der Waals surface area contributed by atoms with Crippen LogP contribution in [0.3, 0.4) is 0 Å². The van der Waals surface area contributed by atoms with Crippen LogP contribution in [-0.4, -0.2) is 18.7 Å². The van der Waals surface area contributed by atoms with Crippen LogP contribution in [0.15, 0.2) is 47.1 Å². The predicted molar refractivity (Wildman–Crippen MR) is 92.1 cm³/mol. The first-order chi connectivity index (χ1) is 10.7. The zero-order valence-corrected chi connectivity index (χ0v) is 13.7.